The van der Waals surface area contributed by atoms with Crippen molar-refractivity contribution in [2.45, 2.75) is 0 Å². The van der Waals surface area contributed by atoms with E-state index in [2.05, 4.69) is 4.98 Å². The first-order valence-electron chi connectivity index (χ1n) is 7.77. The molecule has 1 aromatic heterocycles. The van der Waals surface area contributed by atoms with E-state index in [1.54, 1.807) is 25.3 Å². The number of nitrogens with zero attached hydrogens (tertiary/aromatic N) is 1. The molecule has 3 aromatic rings. The fraction of sp³-hybridized carbons (Fsp3) is 0.211. The van der Waals surface area contributed by atoms with Crippen LogP contribution in [0.5, 0.6) is 11.5 Å². The second-order valence-electron chi connectivity index (χ2n) is 5.50. The molecule has 0 saturated carbocycles. The molecule has 124 valence electrons. The molecule has 0 radical (unpaired) electrons. The van der Waals surface area contributed by atoms with E-state index in [0.29, 0.717) is 18.7 Å². The van der Waals surface area contributed by atoms with Crippen LogP contribution in [0.4, 0.5) is 0 Å². The van der Waals surface area contributed by atoms with Crippen LogP contribution < -0.4 is 9.47 Å². The van der Waals surface area contributed by atoms with Gasteiger partial charge >= 0.3 is 0 Å². The normalized spacial score (nSPS) is 10.6. The van der Waals surface area contributed by atoms with Crippen LogP contribution in [0.2, 0.25) is 0 Å². The van der Waals surface area contributed by atoms with Gasteiger partial charge in [0, 0.05) is 24.1 Å². The summed E-state index contributed by atoms with van der Waals surface area (Å²) in [5.74, 6) is 1.52. The molecule has 0 fully saturated rings. The molecule has 2 aromatic carbocycles. The molecule has 24 heavy (non-hydrogen) atoms. The topological polar surface area (TPSA) is 54.6 Å². The lowest BCUT2D eigenvalue weighted by atomic mass is 10.1. The quantitative estimate of drug-likeness (QED) is 0.757. The summed E-state index contributed by atoms with van der Waals surface area (Å²) < 4.78 is 10.8. The Bertz CT molecular complexity index is 824. The van der Waals surface area contributed by atoms with Crippen LogP contribution in [-0.2, 0) is 0 Å². The Balaban J connectivity index is 1.58. The average molecular weight is 324 g/mol. The summed E-state index contributed by atoms with van der Waals surface area (Å²) >= 11 is 0. The summed E-state index contributed by atoms with van der Waals surface area (Å²) in [6.07, 6.45) is 1.76. The fourth-order valence-corrected chi connectivity index (χ4v) is 2.53. The zero-order valence-electron chi connectivity index (χ0n) is 13.8. The smallest absolute Gasteiger partial charge is 0.255 e. The van der Waals surface area contributed by atoms with Crippen LogP contribution in [0.1, 0.15) is 10.4 Å². The Morgan fingerprint density at radius 2 is 1.79 bits per heavy atom. The number of hydrogen-bond acceptors (Lipinski definition) is 3. The first-order valence-corrected chi connectivity index (χ1v) is 7.77. The SMILES string of the molecule is COc1ccc(OCCN(C)C(=O)c2c[nH]c3ccccc23)cc1. The van der Waals surface area contributed by atoms with Gasteiger partial charge in [-0.1, -0.05) is 18.2 Å². The average Bonchev–Trinajstić information content (AvgIpc) is 3.05. The highest BCUT2D eigenvalue weighted by molar-refractivity contribution is 6.06. The minimum atomic E-state index is -0.0224. The number of fused-ring (bicyclic) bond motifs is 1. The lowest BCUT2D eigenvalue weighted by molar-refractivity contribution is 0.0776. The van der Waals surface area contributed by atoms with E-state index < -0.39 is 0 Å². The highest BCUT2D eigenvalue weighted by Crippen LogP contribution is 2.19. The lowest BCUT2D eigenvalue weighted by Gasteiger charge is -2.17. The van der Waals surface area contributed by atoms with Gasteiger partial charge in [0.2, 0.25) is 0 Å². The minimum Gasteiger partial charge on any atom is -0.497 e. The third-order valence-electron chi connectivity index (χ3n) is 3.92. The van der Waals surface area contributed by atoms with Gasteiger partial charge in [0.15, 0.2) is 0 Å². The molecule has 0 saturated heterocycles. The number of aromatic amines is 1. The van der Waals surface area contributed by atoms with Gasteiger partial charge in [-0.3, -0.25) is 4.79 Å². The van der Waals surface area contributed by atoms with Crippen molar-refractivity contribution in [3.63, 3.8) is 0 Å². The zero-order valence-corrected chi connectivity index (χ0v) is 13.8. The van der Waals surface area contributed by atoms with Gasteiger partial charge in [-0.15, -0.1) is 0 Å². The Kier molecular flexibility index (Phi) is 4.70. The number of rotatable bonds is 6. The van der Waals surface area contributed by atoms with Gasteiger partial charge in [-0.05, 0) is 30.3 Å². The van der Waals surface area contributed by atoms with Gasteiger partial charge in [-0.25, -0.2) is 0 Å². The summed E-state index contributed by atoms with van der Waals surface area (Å²) in [5, 5.41) is 0.936. The van der Waals surface area contributed by atoms with E-state index in [0.717, 1.165) is 22.4 Å². The summed E-state index contributed by atoms with van der Waals surface area (Å²) in [6, 6.07) is 15.2. The molecule has 5 nitrogen and oxygen atoms in total. The van der Waals surface area contributed by atoms with Crippen molar-refractivity contribution in [2.75, 3.05) is 27.3 Å². The van der Waals surface area contributed by atoms with Crippen molar-refractivity contribution in [3.8, 4) is 11.5 Å². The van der Waals surface area contributed by atoms with Crippen LogP contribution in [0.25, 0.3) is 10.9 Å². The van der Waals surface area contributed by atoms with Crippen LogP contribution in [0.3, 0.4) is 0 Å². The van der Waals surface area contributed by atoms with E-state index in [4.69, 9.17) is 9.47 Å². The standard InChI is InChI=1S/C19H20N2O3/c1-21(11-12-24-15-9-7-14(23-2)8-10-15)19(22)17-13-20-18-6-4-3-5-16(17)18/h3-10,13,20H,11-12H2,1-2H3. The van der Waals surface area contributed by atoms with E-state index >= 15 is 0 Å². The third-order valence-corrected chi connectivity index (χ3v) is 3.92. The number of carbonyl (C=O) groups excluding carboxylic acids is 1. The molecule has 1 heterocycles. The van der Waals surface area contributed by atoms with Crippen LogP contribution in [-0.4, -0.2) is 43.1 Å². The number of ether oxygens (including phenoxy) is 2. The first kappa shape index (κ1) is 15.9. The number of hydrogen-bond donors (Lipinski definition) is 1. The minimum absolute atomic E-state index is 0.0224. The third kappa shape index (κ3) is 3.35. The highest BCUT2D eigenvalue weighted by atomic mass is 16.5. The number of benzene rings is 2. The number of aromatic nitrogens is 1. The number of methoxy groups -OCH3 is 1. The molecular formula is C19H20N2O3. The van der Waals surface area contributed by atoms with E-state index in [1.807, 2.05) is 48.5 Å². The van der Waals surface area contributed by atoms with Gasteiger partial charge in [-0.2, -0.15) is 0 Å². The number of carbonyl (C=O) groups is 1. The monoisotopic (exact) mass is 324 g/mol. The molecule has 0 bridgehead atoms. The number of nitrogens with one attached hydrogen (secondary N) is 1. The number of H-pyrrole nitrogens is 1. The van der Waals surface area contributed by atoms with E-state index in [1.165, 1.54) is 0 Å². The second-order valence-corrected chi connectivity index (χ2v) is 5.50. The summed E-state index contributed by atoms with van der Waals surface area (Å²) in [7, 11) is 3.41. The molecule has 0 aliphatic rings. The highest BCUT2D eigenvalue weighted by Gasteiger charge is 2.15. The Morgan fingerprint density at radius 3 is 2.54 bits per heavy atom. The fourth-order valence-electron chi connectivity index (χ4n) is 2.53. The molecule has 0 spiro atoms. The Labute approximate surface area is 140 Å². The number of likely N-dealkylation sites (N-methyl/N-ethyl adjacent to an activating group) is 1. The molecule has 5 heteroatoms. The predicted molar refractivity (Wildman–Crippen MR) is 93.7 cm³/mol. The Hall–Kier alpha value is -2.95. The molecule has 0 aliphatic heterocycles. The van der Waals surface area contributed by atoms with Gasteiger partial charge < -0.3 is 19.4 Å². The largest absolute Gasteiger partial charge is 0.497 e. The van der Waals surface area contributed by atoms with Crippen LogP contribution in [0.15, 0.2) is 54.7 Å². The van der Waals surface area contributed by atoms with E-state index in [9.17, 15) is 4.79 Å². The molecule has 0 aliphatic carbocycles. The number of para-hydroxylation sites is 1. The first-order chi connectivity index (χ1) is 11.7. The maximum atomic E-state index is 12.6. The van der Waals surface area contributed by atoms with Crippen molar-refractivity contribution >= 4 is 16.8 Å². The van der Waals surface area contributed by atoms with Crippen molar-refractivity contribution in [1.29, 1.82) is 0 Å². The summed E-state index contributed by atoms with van der Waals surface area (Å²) in [6.45, 7) is 0.932. The zero-order chi connectivity index (χ0) is 16.9. The van der Waals surface area contributed by atoms with Gasteiger partial charge in [0.05, 0.1) is 19.2 Å². The van der Waals surface area contributed by atoms with Crippen LogP contribution >= 0.6 is 0 Å². The number of amides is 1. The summed E-state index contributed by atoms with van der Waals surface area (Å²) in [4.78, 5) is 17.4. The molecular weight excluding hydrogens is 304 g/mol. The molecule has 3 rings (SSSR count). The van der Waals surface area contributed by atoms with Crippen molar-refractivity contribution < 1.29 is 14.3 Å². The molecule has 1 amide bonds. The maximum absolute atomic E-state index is 12.6. The van der Waals surface area contributed by atoms with Crippen molar-refractivity contribution in [3.05, 3.63) is 60.3 Å². The second kappa shape index (κ2) is 7.08. The van der Waals surface area contributed by atoms with Crippen molar-refractivity contribution in [1.82, 2.24) is 9.88 Å². The van der Waals surface area contributed by atoms with E-state index in [-0.39, 0.29) is 5.91 Å². The predicted octanol–water partition coefficient (Wildman–Crippen LogP) is 3.33. The Morgan fingerprint density at radius 1 is 1.08 bits per heavy atom. The molecule has 0 unspecified atom stereocenters. The lowest BCUT2D eigenvalue weighted by Crippen LogP contribution is -2.30. The van der Waals surface area contributed by atoms with Crippen molar-refractivity contribution in [2.24, 2.45) is 0 Å². The maximum Gasteiger partial charge on any atom is 0.255 e. The van der Waals surface area contributed by atoms with Crippen LogP contribution in [0, 0.1) is 0 Å². The molecule has 1 N–H and O–H groups in total. The van der Waals surface area contributed by atoms with Gasteiger partial charge in [0.25, 0.3) is 5.91 Å². The van der Waals surface area contributed by atoms with Gasteiger partial charge in [0.1, 0.15) is 18.1 Å². The molecule has 0 atom stereocenters. The summed E-state index contributed by atoms with van der Waals surface area (Å²) in [5.41, 5.74) is 1.64.